The molecule has 5 nitrogen and oxygen atoms in total. The van der Waals surface area contributed by atoms with E-state index in [9.17, 15) is 14.7 Å². The molecule has 5 heteroatoms. The standard InChI is InChI=1S/C14H24N2O3/c1-3-16(11-6-7-11)13(19)15-14(12(17)18)8-4-5-10(2)9-14/h10-11H,3-9H2,1-2H3,(H,15,19)(H,17,18). The molecule has 0 radical (unpaired) electrons. The molecule has 2 atom stereocenters. The zero-order valence-electron chi connectivity index (χ0n) is 11.8. The zero-order valence-corrected chi connectivity index (χ0v) is 11.8. The summed E-state index contributed by atoms with van der Waals surface area (Å²) < 4.78 is 0. The predicted octanol–water partition coefficient (Wildman–Crippen LogP) is 2.21. The van der Waals surface area contributed by atoms with Gasteiger partial charge in [-0.15, -0.1) is 0 Å². The van der Waals surface area contributed by atoms with Crippen LogP contribution in [0.2, 0.25) is 0 Å². The molecule has 2 unspecified atom stereocenters. The molecule has 2 aliphatic rings. The van der Waals surface area contributed by atoms with Crippen LogP contribution in [0.1, 0.15) is 52.4 Å². The van der Waals surface area contributed by atoms with Crippen LogP contribution in [0, 0.1) is 5.92 Å². The predicted molar refractivity (Wildman–Crippen MR) is 71.9 cm³/mol. The van der Waals surface area contributed by atoms with Crippen molar-refractivity contribution in [3.63, 3.8) is 0 Å². The molecule has 2 amide bonds. The smallest absolute Gasteiger partial charge is 0.329 e. The van der Waals surface area contributed by atoms with Crippen LogP contribution < -0.4 is 5.32 Å². The van der Waals surface area contributed by atoms with Crippen molar-refractivity contribution in [2.45, 2.75) is 64.0 Å². The van der Waals surface area contributed by atoms with Gasteiger partial charge in [-0.25, -0.2) is 9.59 Å². The Labute approximate surface area is 114 Å². The Bertz CT molecular complexity index is 368. The molecular weight excluding hydrogens is 244 g/mol. The van der Waals surface area contributed by atoms with Crippen LogP contribution in [0.4, 0.5) is 4.79 Å². The van der Waals surface area contributed by atoms with Gasteiger partial charge in [0.2, 0.25) is 0 Å². The summed E-state index contributed by atoms with van der Waals surface area (Å²) in [5.41, 5.74) is -1.06. The van der Waals surface area contributed by atoms with Gasteiger partial charge in [0.1, 0.15) is 5.54 Å². The molecule has 0 aromatic carbocycles. The van der Waals surface area contributed by atoms with Gasteiger partial charge in [-0.3, -0.25) is 0 Å². The van der Waals surface area contributed by atoms with Gasteiger partial charge in [-0.2, -0.15) is 0 Å². The number of aliphatic carboxylic acids is 1. The van der Waals surface area contributed by atoms with Crippen molar-refractivity contribution in [1.29, 1.82) is 0 Å². The largest absolute Gasteiger partial charge is 0.480 e. The van der Waals surface area contributed by atoms with E-state index in [1.165, 1.54) is 0 Å². The number of hydrogen-bond donors (Lipinski definition) is 2. The normalized spacial score (nSPS) is 30.7. The van der Waals surface area contributed by atoms with Crippen LogP contribution in [0.25, 0.3) is 0 Å². The molecule has 108 valence electrons. The van der Waals surface area contributed by atoms with Crippen molar-refractivity contribution in [2.24, 2.45) is 5.92 Å². The van der Waals surface area contributed by atoms with Gasteiger partial charge in [0.25, 0.3) is 0 Å². The number of rotatable bonds is 4. The lowest BCUT2D eigenvalue weighted by Crippen LogP contribution is -2.60. The molecule has 0 spiro atoms. The minimum Gasteiger partial charge on any atom is -0.480 e. The van der Waals surface area contributed by atoms with Gasteiger partial charge >= 0.3 is 12.0 Å². The summed E-state index contributed by atoms with van der Waals surface area (Å²) in [6.45, 7) is 4.64. The Hall–Kier alpha value is -1.26. The lowest BCUT2D eigenvalue weighted by molar-refractivity contribution is -0.146. The first-order valence-electron chi connectivity index (χ1n) is 7.30. The van der Waals surface area contributed by atoms with Crippen LogP contribution in [0.15, 0.2) is 0 Å². The highest BCUT2D eigenvalue weighted by atomic mass is 16.4. The summed E-state index contributed by atoms with van der Waals surface area (Å²) in [5, 5.41) is 12.4. The van der Waals surface area contributed by atoms with Gasteiger partial charge < -0.3 is 15.3 Å². The van der Waals surface area contributed by atoms with E-state index in [2.05, 4.69) is 12.2 Å². The molecular formula is C14H24N2O3. The third-order valence-corrected chi connectivity index (χ3v) is 4.34. The van der Waals surface area contributed by atoms with Crippen LogP contribution in [0.3, 0.4) is 0 Å². The molecule has 2 rings (SSSR count). The quantitative estimate of drug-likeness (QED) is 0.821. The van der Waals surface area contributed by atoms with Crippen molar-refractivity contribution >= 4 is 12.0 Å². The maximum atomic E-state index is 12.3. The highest BCUT2D eigenvalue weighted by molar-refractivity contribution is 5.86. The van der Waals surface area contributed by atoms with E-state index in [4.69, 9.17) is 0 Å². The molecule has 0 bridgehead atoms. The molecule has 19 heavy (non-hydrogen) atoms. The molecule has 0 aromatic rings. The zero-order chi connectivity index (χ0) is 14.0. The second-order valence-corrected chi connectivity index (χ2v) is 6.04. The molecule has 0 aromatic heterocycles. The molecule has 2 aliphatic carbocycles. The molecule has 2 fully saturated rings. The lowest BCUT2D eigenvalue weighted by Gasteiger charge is -2.38. The summed E-state index contributed by atoms with van der Waals surface area (Å²) in [7, 11) is 0. The molecule has 0 saturated heterocycles. The Kier molecular flexibility index (Phi) is 4.02. The van der Waals surface area contributed by atoms with Gasteiger partial charge in [0, 0.05) is 12.6 Å². The number of carbonyl (C=O) groups excluding carboxylic acids is 1. The third-order valence-electron chi connectivity index (χ3n) is 4.34. The Balaban J connectivity index is 2.07. The number of hydrogen-bond acceptors (Lipinski definition) is 2. The minimum absolute atomic E-state index is 0.207. The first-order chi connectivity index (χ1) is 8.98. The van der Waals surface area contributed by atoms with Crippen molar-refractivity contribution in [2.75, 3.05) is 6.54 Å². The Morgan fingerprint density at radius 3 is 2.53 bits per heavy atom. The van der Waals surface area contributed by atoms with E-state index in [0.717, 1.165) is 25.7 Å². The van der Waals surface area contributed by atoms with Gasteiger partial charge in [0.15, 0.2) is 0 Å². The Morgan fingerprint density at radius 1 is 1.37 bits per heavy atom. The number of carboxylic acids is 1. The van der Waals surface area contributed by atoms with Crippen LogP contribution in [-0.2, 0) is 4.79 Å². The van der Waals surface area contributed by atoms with Crippen LogP contribution in [0.5, 0.6) is 0 Å². The van der Waals surface area contributed by atoms with E-state index in [1.54, 1.807) is 4.90 Å². The second-order valence-electron chi connectivity index (χ2n) is 6.04. The average Bonchev–Trinajstić information content (AvgIpc) is 3.14. The first-order valence-corrected chi connectivity index (χ1v) is 7.30. The second kappa shape index (κ2) is 5.39. The van der Waals surface area contributed by atoms with Crippen molar-refractivity contribution in [1.82, 2.24) is 10.2 Å². The number of nitrogens with zero attached hydrogens (tertiary/aromatic N) is 1. The SMILES string of the molecule is CCN(C(=O)NC1(C(=O)O)CCCC(C)C1)C1CC1. The molecule has 2 saturated carbocycles. The maximum Gasteiger partial charge on any atom is 0.329 e. The fraction of sp³-hybridized carbons (Fsp3) is 0.857. The summed E-state index contributed by atoms with van der Waals surface area (Å²) in [4.78, 5) is 25.7. The summed E-state index contributed by atoms with van der Waals surface area (Å²) >= 11 is 0. The fourth-order valence-corrected chi connectivity index (χ4v) is 3.14. The number of carbonyl (C=O) groups is 2. The van der Waals surface area contributed by atoms with E-state index in [1.807, 2.05) is 6.92 Å². The summed E-state index contributed by atoms with van der Waals surface area (Å²) in [5.74, 6) is -0.541. The molecule has 2 N–H and O–H groups in total. The average molecular weight is 268 g/mol. The number of amides is 2. The van der Waals surface area contributed by atoms with E-state index >= 15 is 0 Å². The number of carboxylic acid groups (broad SMARTS) is 1. The fourth-order valence-electron chi connectivity index (χ4n) is 3.14. The van der Waals surface area contributed by atoms with Crippen molar-refractivity contribution in [3.05, 3.63) is 0 Å². The highest BCUT2D eigenvalue weighted by Gasteiger charge is 2.45. The Morgan fingerprint density at radius 2 is 2.05 bits per heavy atom. The van der Waals surface area contributed by atoms with E-state index in [-0.39, 0.29) is 6.03 Å². The van der Waals surface area contributed by atoms with Crippen LogP contribution in [-0.4, -0.2) is 40.1 Å². The topological polar surface area (TPSA) is 69.6 Å². The number of nitrogens with one attached hydrogen (secondary N) is 1. The minimum atomic E-state index is -1.06. The highest BCUT2D eigenvalue weighted by Crippen LogP contribution is 2.33. The van der Waals surface area contributed by atoms with Gasteiger partial charge in [-0.1, -0.05) is 19.8 Å². The first kappa shape index (κ1) is 14.2. The summed E-state index contributed by atoms with van der Waals surface area (Å²) in [6.07, 6.45) is 5.07. The monoisotopic (exact) mass is 268 g/mol. The molecule has 0 heterocycles. The summed E-state index contributed by atoms with van der Waals surface area (Å²) in [6, 6.07) is 0.110. The van der Waals surface area contributed by atoms with E-state index in [0.29, 0.717) is 31.3 Å². The number of urea groups is 1. The van der Waals surface area contributed by atoms with Crippen molar-refractivity contribution < 1.29 is 14.7 Å². The molecule has 0 aliphatic heterocycles. The van der Waals surface area contributed by atoms with Crippen molar-refractivity contribution in [3.8, 4) is 0 Å². The van der Waals surface area contributed by atoms with Crippen LogP contribution >= 0.6 is 0 Å². The van der Waals surface area contributed by atoms with Gasteiger partial charge in [-0.05, 0) is 38.5 Å². The van der Waals surface area contributed by atoms with Gasteiger partial charge in [0.05, 0.1) is 0 Å². The van der Waals surface area contributed by atoms with E-state index < -0.39 is 11.5 Å². The third kappa shape index (κ3) is 3.01. The lowest BCUT2D eigenvalue weighted by atomic mass is 9.76. The maximum absolute atomic E-state index is 12.3.